The van der Waals surface area contributed by atoms with Gasteiger partial charge in [-0.1, -0.05) is 40.6 Å². The second-order valence-electron chi connectivity index (χ2n) is 5.26. The molecule has 0 spiro atoms. The van der Waals surface area contributed by atoms with E-state index in [9.17, 15) is 4.79 Å². The summed E-state index contributed by atoms with van der Waals surface area (Å²) in [5, 5.41) is 10.5. The minimum atomic E-state index is -0.155. The van der Waals surface area contributed by atoms with Gasteiger partial charge in [0.1, 0.15) is 11.4 Å². The Morgan fingerprint density at radius 1 is 1.30 bits per heavy atom. The van der Waals surface area contributed by atoms with Crippen LogP contribution in [-0.2, 0) is 17.8 Å². The highest BCUT2D eigenvalue weighted by Gasteiger charge is 2.17. The van der Waals surface area contributed by atoms with Gasteiger partial charge in [0, 0.05) is 18.9 Å². The average Bonchev–Trinajstić information content (AvgIpc) is 3.20. The zero-order valence-electron chi connectivity index (χ0n) is 12.7. The van der Waals surface area contributed by atoms with Gasteiger partial charge >= 0.3 is 0 Å². The SMILES string of the molecule is Cc1nonc1CC(=O)NC(Cn1ccnc1)c1ccccc1. The lowest BCUT2D eigenvalue weighted by atomic mass is 10.1. The number of carbonyl (C=O) groups is 1. The normalized spacial score (nSPS) is 12.0. The summed E-state index contributed by atoms with van der Waals surface area (Å²) < 4.78 is 6.56. The van der Waals surface area contributed by atoms with Crippen LogP contribution < -0.4 is 5.32 Å². The summed E-state index contributed by atoms with van der Waals surface area (Å²) in [4.78, 5) is 16.4. The van der Waals surface area contributed by atoms with Crippen molar-refractivity contribution < 1.29 is 9.42 Å². The first-order chi connectivity index (χ1) is 11.2. The molecule has 2 heterocycles. The maximum Gasteiger partial charge on any atom is 0.226 e. The maximum absolute atomic E-state index is 12.3. The van der Waals surface area contributed by atoms with Gasteiger partial charge < -0.3 is 9.88 Å². The zero-order valence-corrected chi connectivity index (χ0v) is 12.7. The Kier molecular flexibility index (Phi) is 4.46. The molecule has 1 unspecified atom stereocenters. The van der Waals surface area contributed by atoms with Crippen molar-refractivity contribution >= 4 is 5.91 Å². The molecule has 0 fully saturated rings. The summed E-state index contributed by atoms with van der Waals surface area (Å²) in [7, 11) is 0. The van der Waals surface area contributed by atoms with Crippen LogP contribution in [0.4, 0.5) is 0 Å². The number of amides is 1. The van der Waals surface area contributed by atoms with Crippen molar-refractivity contribution in [3.05, 3.63) is 66.0 Å². The highest BCUT2D eigenvalue weighted by molar-refractivity contribution is 5.78. The van der Waals surface area contributed by atoms with Gasteiger partial charge in [0.05, 0.1) is 18.8 Å². The molecule has 3 aromatic rings. The average molecular weight is 311 g/mol. The Hall–Kier alpha value is -2.96. The molecular formula is C16H17N5O2. The van der Waals surface area contributed by atoms with Gasteiger partial charge in [-0.3, -0.25) is 4.79 Å². The lowest BCUT2D eigenvalue weighted by Gasteiger charge is -2.19. The molecule has 1 N–H and O–H groups in total. The lowest BCUT2D eigenvalue weighted by Crippen LogP contribution is -2.32. The van der Waals surface area contributed by atoms with Crippen LogP contribution in [0.25, 0.3) is 0 Å². The third kappa shape index (κ3) is 3.82. The first kappa shape index (κ1) is 15.0. The molecule has 0 saturated heterocycles. The molecular weight excluding hydrogens is 294 g/mol. The molecule has 7 heteroatoms. The molecule has 3 rings (SSSR count). The largest absolute Gasteiger partial charge is 0.347 e. The van der Waals surface area contributed by atoms with E-state index in [1.54, 1.807) is 19.4 Å². The second-order valence-corrected chi connectivity index (χ2v) is 5.26. The van der Waals surface area contributed by atoms with Gasteiger partial charge in [-0.2, -0.15) is 0 Å². The van der Waals surface area contributed by atoms with E-state index in [1.165, 1.54) is 0 Å². The number of nitrogens with zero attached hydrogens (tertiary/aromatic N) is 4. The van der Waals surface area contributed by atoms with E-state index in [2.05, 4.69) is 25.2 Å². The Morgan fingerprint density at radius 2 is 2.13 bits per heavy atom. The van der Waals surface area contributed by atoms with Crippen molar-refractivity contribution in [1.29, 1.82) is 0 Å². The number of imidazole rings is 1. The first-order valence-corrected chi connectivity index (χ1v) is 7.30. The molecule has 118 valence electrons. The quantitative estimate of drug-likeness (QED) is 0.748. The third-order valence-corrected chi connectivity index (χ3v) is 3.56. The van der Waals surface area contributed by atoms with E-state index in [0.29, 0.717) is 17.9 Å². The van der Waals surface area contributed by atoms with Gasteiger partial charge in [0.2, 0.25) is 5.91 Å². The van der Waals surface area contributed by atoms with E-state index >= 15 is 0 Å². The van der Waals surface area contributed by atoms with E-state index in [-0.39, 0.29) is 18.4 Å². The lowest BCUT2D eigenvalue weighted by molar-refractivity contribution is -0.121. The van der Waals surface area contributed by atoms with E-state index in [4.69, 9.17) is 0 Å². The van der Waals surface area contributed by atoms with Crippen molar-refractivity contribution in [2.45, 2.75) is 25.9 Å². The van der Waals surface area contributed by atoms with Crippen LogP contribution in [0.5, 0.6) is 0 Å². The van der Waals surface area contributed by atoms with Crippen LogP contribution in [0.3, 0.4) is 0 Å². The van der Waals surface area contributed by atoms with Crippen LogP contribution in [0.15, 0.2) is 53.7 Å². The minimum Gasteiger partial charge on any atom is -0.347 e. The molecule has 0 bridgehead atoms. The summed E-state index contributed by atoms with van der Waals surface area (Å²) in [6.07, 6.45) is 5.46. The molecule has 0 aliphatic carbocycles. The first-order valence-electron chi connectivity index (χ1n) is 7.30. The number of carbonyl (C=O) groups excluding carboxylic acids is 1. The minimum absolute atomic E-state index is 0.127. The summed E-state index contributed by atoms with van der Waals surface area (Å²) in [6, 6.07) is 9.68. The van der Waals surface area contributed by atoms with Crippen LogP contribution in [0.2, 0.25) is 0 Å². The summed E-state index contributed by atoms with van der Waals surface area (Å²) >= 11 is 0. The molecule has 7 nitrogen and oxygen atoms in total. The van der Waals surface area contributed by atoms with E-state index in [1.807, 2.05) is 41.1 Å². The summed E-state index contributed by atoms with van der Waals surface area (Å²) in [5.74, 6) is -0.127. The van der Waals surface area contributed by atoms with Crippen LogP contribution in [-0.4, -0.2) is 25.8 Å². The van der Waals surface area contributed by atoms with Crippen molar-refractivity contribution in [3.8, 4) is 0 Å². The smallest absolute Gasteiger partial charge is 0.226 e. The molecule has 0 aliphatic heterocycles. The summed E-state index contributed by atoms with van der Waals surface area (Å²) in [6.45, 7) is 2.37. The van der Waals surface area contributed by atoms with Crippen molar-refractivity contribution in [3.63, 3.8) is 0 Å². The van der Waals surface area contributed by atoms with E-state index in [0.717, 1.165) is 5.56 Å². The molecule has 1 atom stereocenters. The fourth-order valence-corrected chi connectivity index (χ4v) is 2.33. The fourth-order valence-electron chi connectivity index (χ4n) is 2.33. The third-order valence-electron chi connectivity index (χ3n) is 3.56. The number of hydrogen-bond donors (Lipinski definition) is 1. The highest BCUT2D eigenvalue weighted by Crippen LogP contribution is 2.15. The Balaban J connectivity index is 1.73. The van der Waals surface area contributed by atoms with Gasteiger partial charge in [-0.05, 0) is 12.5 Å². The highest BCUT2D eigenvalue weighted by atomic mass is 16.6. The van der Waals surface area contributed by atoms with Crippen LogP contribution in [0, 0.1) is 6.92 Å². The van der Waals surface area contributed by atoms with Crippen LogP contribution >= 0.6 is 0 Å². The number of hydrogen-bond acceptors (Lipinski definition) is 5. The number of aromatic nitrogens is 4. The number of aryl methyl sites for hydroxylation is 1. The zero-order chi connectivity index (χ0) is 16.1. The van der Waals surface area contributed by atoms with Crippen molar-refractivity contribution in [1.82, 2.24) is 25.2 Å². The molecule has 1 aromatic carbocycles. The number of rotatable bonds is 6. The molecule has 23 heavy (non-hydrogen) atoms. The Bertz CT molecular complexity index is 752. The van der Waals surface area contributed by atoms with E-state index < -0.39 is 0 Å². The van der Waals surface area contributed by atoms with Gasteiger partial charge in [0.25, 0.3) is 0 Å². The number of nitrogens with one attached hydrogen (secondary N) is 1. The molecule has 0 saturated carbocycles. The van der Waals surface area contributed by atoms with Crippen LogP contribution in [0.1, 0.15) is 23.0 Å². The van der Waals surface area contributed by atoms with Crippen molar-refractivity contribution in [2.75, 3.05) is 0 Å². The predicted octanol–water partition coefficient (Wildman–Crippen LogP) is 1.67. The Labute approximate surface area is 133 Å². The number of benzene rings is 1. The second kappa shape index (κ2) is 6.87. The molecule has 1 amide bonds. The molecule has 0 aliphatic rings. The molecule has 2 aromatic heterocycles. The van der Waals surface area contributed by atoms with Gasteiger partial charge in [-0.25, -0.2) is 9.61 Å². The fraction of sp³-hybridized carbons (Fsp3) is 0.250. The molecule has 0 radical (unpaired) electrons. The standard InChI is InChI=1S/C16H17N5O2/c1-12-14(20-23-19-12)9-16(22)18-15(10-21-8-7-17-11-21)13-5-3-2-4-6-13/h2-8,11,15H,9-10H2,1H3,(H,18,22). The monoisotopic (exact) mass is 311 g/mol. The topological polar surface area (TPSA) is 85.8 Å². The predicted molar refractivity (Wildman–Crippen MR) is 82.3 cm³/mol. The Morgan fingerprint density at radius 3 is 2.78 bits per heavy atom. The van der Waals surface area contributed by atoms with Gasteiger partial charge in [-0.15, -0.1) is 0 Å². The summed E-state index contributed by atoms with van der Waals surface area (Å²) in [5.41, 5.74) is 2.22. The van der Waals surface area contributed by atoms with Crippen molar-refractivity contribution in [2.24, 2.45) is 0 Å². The maximum atomic E-state index is 12.3. The van der Waals surface area contributed by atoms with Gasteiger partial charge in [0.15, 0.2) is 0 Å².